The fraction of sp³-hybridized carbons (Fsp3) is 0.571. The van der Waals surface area contributed by atoms with Gasteiger partial charge in [0.25, 0.3) is 0 Å². The summed E-state index contributed by atoms with van der Waals surface area (Å²) in [5, 5.41) is 9.54. The van der Waals surface area contributed by atoms with Gasteiger partial charge in [0, 0.05) is 12.6 Å². The SMILES string of the molecule is CC1CCN(C(CN)c2cccc(O)c2)CC1. The van der Waals surface area contributed by atoms with Crippen LogP contribution in [0.4, 0.5) is 0 Å². The van der Waals surface area contributed by atoms with E-state index in [0.717, 1.165) is 24.6 Å². The number of benzene rings is 1. The van der Waals surface area contributed by atoms with Crippen LogP contribution in [0.5, 0.6) is 5.75 Å². The first-order valence-corrected chi connectivity index (χ1v) is 6.43. The first-order chi connectivity index (χ1) is 8.20. The van der Waals surface area contributed by atoms with E-state index in [1.165, 1.54) is 12.8 Å². The predicted molar refractivity (Wildman–Crippen MR) is 69.9 cm³/mol. The van der Waals surface area contributed by atoms with Crippen molar-refractivity contribution in [1.82, 2.24) is 4.90 Å². The summed E-state index contributed by atoms with van der Waals surface area (Å²) in [7, 11) is 0. The molecule has 1 unspecified atom stereocenters. The van der Waals surface area contributed by atoms with Gasteiger partial charge in [0.2, 0.25) is 0 Å². The van der Waals surface area contributed by atoms with Crippen LogP contribution in [-0.4, -0.2) is 29.6 Å². The van der Waals surface area contributed by atoms with Crippen molar-refractivity contribution in [3.63, 3.8) is 0 Å². The first kappa shape index (κ1) is 12.4. The van der Waals surface area contributed by atoms with E-state index in [1.54, 1.807) is 6.07 Å². The van der Waals surface area contributed by atoms with Gasteiger partial charge in [-0.05, 0) is 49.5 Å². The van der Waals surface area contributed by atoms with E-state index in [2.05, 4.69) is 17.9 Å². The Morgan fingerprint density at radius 3 is 2.71 bits per heavy atom. The fourth-order valence-electron chi connectivity index (χ4n) is 2.57. The average molecular weight is 234 g/mol. The van der Waals surface area contributed by atoms with Gasteiger partial charge < -0.3 is 10.8 Å². The second-order valence-corrected chi connectivity index (χ2v) is 5.06. The molecule has 2 rings (SSSR count). The molecule has 3 nitrogen and oxygen atoms in total. The first-order valence-electron chi connectivity index (χ1n) is 6.43. The molecule has 0 aromatic heterocycles. The van der Waals surface area contributed by atoms with Crippen LogP contribution >= 0.6 is 0 Å². The van der Waals surface area contributed by atoms with Crippen LogP contribution in [0.25, 0.3) is 0 Å². The summed E-state index contributed by atoms with van der Waals surface area (Å²) in [5.74, 6) is 1.15. The molecular formula is C14H22N2O. The summed E-state index contributed by atoms with van der Waals surface area (Å²) < 4.78 is 0. The van der Waals surface area contributed by atoms with E-state index < -0.39 is 0 Å². The van der Waals surface area contributed by atoms with Crippen molar-refractivity contribution in [1.29, 1.82) is 0 Å². The molecule has 0 spiro atoms. The van der Waals surface area contributed by atoms with Crippen molar-refractivity contribution >= 4 is 0 Å². The van der Waals surface area contributed by atoms with Crippen molar-refractivity contribution in [2.45, 2.75) is 25.8 Å². The van der Waals surface area contributed by atoms with E-state index in [1.807, 2.05) is 12.1 Å². The minimum absolute atomic E-state index is 0.245. The number of nitrogens with zero attached hydrogens (tertiary/aromatic N) is 1. The molecule has 3 N–H and O–H groups in total. The summed E-state index contributed by atoms with van der Waals surface area (Å²) in [6.07, 6.45) is 2.49. The van der Waals surface area contributed by atoms with Crippen LogP contribution in [0.1, 0.15) is 31.4 Å². The number of piperidine rings is 1. The van der Waals surface area contributed by atoms with Crippen LogP contribution in [0.15, 0.2) is 24.3 Å². The highest BCUT2D eigenvalue weighted by molar-refractivity contribution is 5.29. The number of phenols is 1. The summed E-state index contributed by atoms with van der Waals surface area (Å²) in [6.45, 7) is 5.14. The molecule has 94 valence electrons. The van der Waals surface area contributed by atoms with E-state index in [-0.39, 0.29) is 6.04 Å². The molecular weight excluding hydrogens is 212 g/mol. The molecule has 1 aromatic rings. The highest BCUT2D eigenvalue weighted by Crippen LogP contribution is 2.27. The molecule has 1 saturated heterocycles. The van der Waals surface area contributed by atoms with Gasteiger partial charge in [0.05, 0.1) is 0 Å². The van der Waals surface area contributed by atoms with Crippen molar-refractivity contribution in [3.8, 4) is 5.75 Å². The number of phenolic OH excluding ortho intramolecular Hbond substituents is 1. The highest BCUT2D eigenvalue weighted by Gasteiger charge is 2.23. The molecule has 1 heterocycles. The third-order valence-electron chi connectivity index (χ3n) is 3.74. The van der Waals surface area contributed by atoms with Gasteiger partial charge in [0.15, 0.2) is 0 Å². The number of rotatable bonds is 3. The van der Waals surface area contributed by atoms with E-state index in [9.17, 15) is 5.11 Å². The fourth-order valence-corrected chi connectivity index (χ4v) is 2.57. The maximum Gasteiger partial charge on any atom is 0.115 e. The molecule has 1 aromatic carbocycles. The lowest BCUT2D eigenvalue weighted by Gasteiger charge is -2.36. The van der Waals surface area contributed by atoms with Gasteiger partial charge in [-0.15, -0.1) is 0 Å². The smallest absolute Gasteiger partial charge is 0.115 e. The van der Waals surface area contributed by atoms with Gasteiger partial charge in [-0.1, -0.05) is 19.1 Å². The number of likely N-dealkylation sites (tertiary alicyclic amines) is 1. The average Bonchev–Trinajstić information content (AvgIpc) is 2.33. The lowest BCUT2D eigenvalue weighted by molar-refractivity contribution is 0.141. The largest absolute Gasteiger partial charge is 0.508 e. The summed E-state index contributed by atoms with van der Waals surface area (Å²) in [4.78, 5) is 2.44. The molecule has 1 aliphatic rings. The van der Waals surface area contributed by atoms with Crippen LogP contribution in [-0.2, 0) is 0 Å². The lowest BCUT2D eigenvalue weighted by Crippen LogP contribution is -2.39. The normalized spacial score (nSPS) is 20.4. The Bertz CT molecular complexity index is 359. The van der Waals surface area contributed by atoms with Crippen LogP contribution in [0.2, 0.25) is 0 Å². The monoisotopic (exact) mass is 234 g/mol. The number of aromatic hydroxyl groups is 1. The standard InChI is InChI=1S/C14H22N2O/c1-11-5-7-16(8-6-11)14(10-15)12-3-2-4-13(17)9-12/h2-4,9,11,14,17H,5-8,10,15H2,1H3. The highest BCUT2D eigenvalue weighted by atomic mass is 16.3. The predicted octanol–water partition coefficient (Wildman–Crippen LogP) is 2.12. The Kier molecular flexibility index (Phi) is 4.02. The van der Waals surface area contributed by atoms with Gasteiger partial charge in [-0.3, -0.25) is 4.90 Å². The third kappa shape index (κ3) is 2.99. The maximum atomic E-state index is 9.54. The van der Waals surface area contributed by atoms with Crippen molar-refractivity contribution in [2.24, 2.45) is 11.7 Å². The van der Waals surface area contributed by atoms with Gasteiger partial charge in [0.1, 0.15) is 5.75 Å². The Balaban J connectivity index is 2.10. The summed E-state index contributed by atoms with van der Waals surface area (Å²) in [5.41, 5.74) is 7.02. The molecule has 1 atom stereocenters. The summed E-state index contributed by atoms with van der Waals surface area (Å²) in [6, 6.07) is 7.72. The van der Waals surface area contributed by atoms with Gasteiger partial charge in [-0.25, -0.2) is 0 Å². The Morgan fingerprint density at radius 1 is 1.41 bits per heavy atom. The molecule has 1 fully saturated rings. The van der Waals surface area contributed by atoms with E-state index in [0.29, 0.717) is 12.3 Å². The van der Waals surface area contributed by atoms with E-state index >= 15 is 0 Å². The molecule has 0 radical (unpaired) electrons. The number of nitrogens with two attached hydrogens (primary N) is 1. The van der Waals surface area contributed by atoms with Crippen LogP contribution in [0, 0.1) is 5.92 Å². The minimum Gasteiger partial charge on any atom is -0.508 e. The zero-order valence-corrected chi connectivity index (χ0v) is 10.5. The number of hydrogen-bond acceptors (Lipinski definition) is 3. The maximum absolute atomic E-state index is 9.54. The molecule has 0 saturated carbocycles. The zero-order chi connectivity index (χ0) is 12.3. The Hall–Kier alpha value is -1.06. The van der Waals surface area contributed by atoms with Crippen LogP contribution < -0.4 is 5.73 Å². The number of hydrogen-bond donors (Lipinski definition) is 2. The third-order valence-corrected chi connectivity index (χ3v) is 3.74. The van der Waals surface area contributed by atoms with Crippen molar-refractivity contribution in [2.75, 3.05) is 19.6 Å². The molecule has 17 heavy (non-hydrogen) atoms. The summed E-state index contributed by atoms with van der Waals surface area (Å²) >= 11 is 0. The minimum atomic E-state index is 0.245. The second kappa shape index (κ2) is 5.52. The van der Waals surface area contributed by atoms with Crippen LogP contribution in [0.3, 0.4) is 0 Å². The van der Waals surface area contributed by atoms with E-state index in [4.69, 9.17) is 5.73 Å². The Morgan fingerprint density at radius 2 is 2.12 bits per heavy atom. The quantitative estimate of drug-likeness (QED) is 0.842. The molecule has 1 aliphatic heterocycles. The lowest BCUT2D eigenvalue weighted by atomic mass is 9.96. The van der Waals surface area contributed by atoms with Gasteiger partial charge >= 0.3 is 0 Å². The molecule has 0 aliphatic carbocycles. The topological polar surface area (TPSA) is 49.5 Å². The molecule has 3 heteroatoms. The van der Waals surface area contributed by atoms with Crippen molar-refractivity contribution < 1.29 is 5.11 Å². The molecule has 0 bridgehead atoms. The second-order valence-electron chi connectivity index (χ2n) is 5.06. The van der Waals surface area contributed by atoms with Gasteiger partial charge in [-0.2, -0.15) is 0 Å². The molecule has 0 amide bonds. The zero-order valence-electron chi connectivity index (χ0n) is 10.5. The van der Waals surface area contributed by atoms with Crippen molar-refractivity contribution in [3.05, 3.63) is 29.8 Å². The Labute approximate surface area is 103 Å².